The quantitative estimate of drug-likeness (QED) is 0.607. The molecule has 23 heavy (non-hydrogen) atoms. The molecule has 1 aromatic rings. The highest BCUT2D eigenvalue weighted by Crippen LogP contribution is 2.21. The molecule has 5 nitrogen and oxygen atoms in total. The Morgan fingerprint density at radius 1 is 1.22 bits per heavy atom. The van der Waals surface area contributed by atoms with Crippen LogP contribution in [0.5, 0.6) is 0 Å². The predicted octanol–water partition coefficient (Wildman–Crippen LogP) is 1.77. The first-order valence-electron chi connectivity index (χ1n) is 7.79. The summed E-state index contributed by atoms with van der Waals surface area (Å²) in [6.45, 7) is 2.93. The second kappa shape index (κ2) is 10.4. The van der Waals surface area contributed by atoms with Crippen molar-refractivity contribution in [3.05, 3.63) is 35.9 Å². The standard InChI is InChI=1S/C17H24N2O3.ClH/c1-22-12-9-18-13-16(20)19-10-7-15(8-11-19)17(21)14-5-3-2-4-6-14;/h2-6,15,18H,7-13H2,1H3;1H. The number of ether oxygens (including phenoxy) is 1. The van der Waals surface area contributed by atoms with E-state index < -0.39 is 0 Å². The average Bonchev–Trinajstić information content (AvgIpc) is 2.59. The predicted molar refractivity (Wildman–Crippen MR) is 92.1 cm³/mol. The molecule has 0 spiro atoms. The van der Waals surface area contributed by atoms with Crippen molar-refractivity contribution in [3.8, 4) is 0 Å². The van der Waals surface area contributed by atoms with Gasteiger partial charge in [0.2, 0.25) is 5.91 Å². The number of methoxy groups -OCH3 is 1. The minimum absolute atomic E-state index is 0. The van der Waals surface area contributed by atoms with Gasteiger partial charge in [-0.3, -0.25) is 9.59 Å². The number of nitrogens with one attached hydrogen (secondary N) is 1. The molecule has 6 heteroatoms. The summed E-state index contributed by atoms with van der Waals surface area (Å²) in [5, 5.41) is 3.06. The molecule has 0 saturated carbocycles. The van der Waals surface area contributed by atoms with E-state index in [9.17, 15) is 9.59 Å². The molecule has 1 fully saturated rings. The molecule has 0 atom stereocenters. The van der Waals surface area contributed by atoms with Crippen molar-refractivity contribution < 1.29 is 14.3 Å². The van der Waals surface area contributed by atoms with Crippen LogP contribution < -0.4 is 5.32 Å². The number of hydrogen-bond acceptors (Lipinski definition) is 4. The van der Waals surface area contributed by atoms with E-state index in [0.717, 1.165) is 18.4 Å². The first kappa shape index (κ1) is 19.6. The summed E-state index contributed by atoms with van der Waals surface area (Å²) in [6.07, 6.45) is 1.50. The number of nitrogens with zero attached hydrogens (tertiary/aromatic N) is 1. The number of carbonyl (C=O) groups is 2. The molecule has 0 unspecified atom stereocenters. The van der Waals surface area contributed by atoms with E-state index in [1.54, 1.807) is 7.11 Å². The van der Waals surface area contributed by atoms with Gasteiger partial charge in [-0.1, -0.05) is 30.3 Å². The summed E-state index contributed by atoms with van der Waals surface area (Å²) in [6, 6.07) is 9.41. The third-order valence-corrected chi connectivity index (χ3v) is 4.04. The molecule has 1 aromatic carbocycles. The summed E-state index contributed by atoms with van der Waals surface area (Å²) >= 11 is 0. The topological polar surface area (TPSA) is 58.6 Å². The van der Waals surface area contributed by atoms with Gasteiger partial charge in [0, 0.05) is 38.2 Å². The first-order chi connectivity index (χ1) is 10.7. The van der Waals surface area contributed by atoms with Crippen molar-refractivity contribution in [2.75, 3.05) is 39.9 Å². The van der Waals surface area contributed by atoms with E-state index in [2.05, 4.69) is 5.32 Å². The second-order valence-electron chi connectivity index (χ2n) is 5.55. The fourth-order valence-corrected chi connectivity index (χ4v) is 2.71. The number of amides is 1. The monoisotopic (exact) mass is 340 g/mol. The van der Waals surface area contributed by atoms with Crippen LogP contribution in [0.4, 0.5) is 0 Å². The van der Waals surface area contributed by atoms with Crippen LogP contribution in [0.15, 0.2) is 30.3 Å². The van der Waals surface area contributed by atoms with E-state index >= 15 is 0 Å². The maximum Gasteiger partial charge on any atom is 0.236 e. The molecule has 1 saturated heterocycles. The smallest absolute Gasteiger partial charge is 0.236 e. The van der Waals surface area contributed by atoms with Crippen molar-refractivity contribution in [3.63, 3.8) is 0 Å². The Labute approximate surface area is 143 Å². The molecule has 1 aliphatic heterocycles. The molecular formula is C17H25ClN2O3. The number of hydrogen-bond donors (Lipinski definition) is 1. The number of benzene rings is 1. The fraction of sp³-hybridized carbons (Fsp3) is 0.529. The Balaban J connectivity index is 0.00000264. The number of likely N-dealkylation sites (tertiary alicyclic amines) is 1. The molecule has 2 rings (SSSR count). The summed E-state index contributed by atoms with van der Waals surface area (Å²) in [5.74, 6) is 0.334. The minimum Gasteiger partial charge on any atom is -0.383 e. The maximum atomic E-state index is 12.4. The lowest BCUT2D eigenvalue weighted by molar-refractivity contribution is -0.131. The van der Waals surface area contributed by atoms with Gasteiger partial charge in [0.15, 0.2) is 5.78 Å². The highest BCUT2D eigenvalue weighted by molar-refractivity contribution is 5.98. The van der Waals surface area contributed by atoms with Crippen molar-refractivity contribution in [1.82, 2.24) is 10.2 Å². The lowest BCUT2D eigenvalue weighted by Crippen LogP contribution is -2.44. The van der Waals surface area contributed by atoms with Gasteiger partial charge in [0.1, 0.15) is 0 Å². The number of piperidine rings is 1. The van der Waals surface area contributed by atoms with E-state index in [-0.39, 0.29) is 30.0 Å². The second-order valence-corrected chi connectivity index (χ2v) is 5.55. The van der Waals surface area contributed by atoms with Gasteiger partial charge in [0.25, 0.3) is 0 Å². The van der Waals surface area contributed by atoms with Gasteiger partial charge in [-0.15, -0.1) is 12.4 Å². The van der Waals surface area contributed by atoms with Gasteiger partial charge < -0.3 is 15.0 Å². The molecular weight excluding hydrogens is 316 g/mol. The van der Waals surface area contributed by atoms with Gasteiger partial charge in [-0.2, -0.15) is 0 Å². The van der Waals surface area contributed by atoms with Crippen molar-refractivity contribution in [1.29, 1.82) is 0 Å². The zero-order valence-corrected chi connectivity index (χ0v) is 14.3. The van der Waals surface area contributed by atoms with Crippen LogP contribution in [-0.2, 0) is 9.53 Å². The van der Waals surface area contributed by atoms with E-state index in [0.29, 0.717) is 32.8 Å². The zero-order chi connectivity index (χ0) is 15.8. The van der Waals surface area contributed by atoms with Crippen LogP contribution in [0.3, 0.4) is 0 Å². The highest BCUT2D eigenvalue weighted by atomic mass is 35.5. The highest BCUT2D eigenvalue weighted by Gasteiger charge is 2.27. The van der Waals surface area contributed by atoms with E-state index in [4.69, 9.17) is 4.74 Å². The third-order valence-electron chi connectivity index (χ3n) is 4.04. The SMILES string of the molecule is COCCNCC(=O)N1CCC(C(=O)c2ccccc2)CC1.Cl. The molecule has 0 radical (unpaired) electrons. The van der Waals surface area contributed by atoms with Crippen LogP contribution in [0.2, 0.25) is 0 Å². The number of halogens is 1. The van der Waals surface area contributed by atoms with Gasteiger partial charge in [-0.25, -0.2) is 0 Å². The van der Waals surface area contributed by atoms with Crippen LogP contribution in [0, 0.1) is 5.92 Å². The Hall–Kier alpha value is -1.43. The summed E-state index contributed by atoms with van der Waals surface area (Å²) in [4.78, 5) is 26.3. The summed E-state index contributed by atoms with van der Waals surface area (Å²) in [5.41, 5.74) is 0.772. The molecule has 0 bridgehead atoms. The molecule has 0 aliphatic carbocycles. The van der Waals surface area contributed by atoms with E-state index in [1.807, 2.05) is 35.2 Å². The molecule has 0 aromatic heterocycles. The number of carbonyl (C=O) groups excluding carboxylic acids is 2. The first-order valence-corrected chi connectivity index (χ1v) is 7.79. The Morgan fingerprint density at radius 3 is 2.48 bits per heavy atom. The zero-order valence-electron chi connectivity index (χ0n) is 13.5. The number of Topliss-reactive ketones (excluding diaryl/α,β-unsaturated/α-hetero) is 1. The van der Waals surface area contributed by atoms with Gasteiger partial charge in [-0.05, 0) is 12.8 Å². The largest absolute Gasteiger partial charge is 0.383 e. The fourth-order valence-electron chi connectivity index (χ4n) is 2.71. The lowest BCUT2D eigenvalue weighted by Gasteiger charge is -2.31. The summed E-state index contributed by atoms with van der Waals surface area (Å²) < 4.78 is 4.93. The lowest BCUT2D eigenvalue weighted by atomic mass is 9.89. The Kier molecular flexibility index (Phi) is 8.84. The van der Waals surface area contributed by atoms with Crippen molar-refractivity contribution in [2.24, 2.45) is 5.92 Å². The summed E-state index contributed by atoms with van der Waals surface area (Å²) in [7, 11) is 1.64. The van der Waals surface area contributed by atoms with E-state index in [1.165, 1.54) is 0 Å². The number of rotatable bonds is 7. The molecule has 1 heterocycles. The maximum absolute atomic E-state index is 12.4. The van der Waals surface area contributed by atoms with Gasteiger partial charge in [0.05, 0.1) is 13.2 Å². The van der Waals surface area contributed by atoms with Gasteiger partial charge >= 0.3 is 0 Å². The van der Waals surface area contributed by atoms with Crippen LogP contribution in [0.1, 0.15) is 23.2 Å². The molecule has 1 amide bonds. The Bertz CT molecular complexity index is 488. The number of ketones is 1. The van der Waals surface area contributed by atoms with Crippen LogP contribution >= 0.6 is 12.4 Å². The van der Waals surface area contributed by atoms with Crippen molar-refractivity contribution in [2.45, 2.75) is 12.8 Å². The van der Waals surface area contributed by atoms with Crippen molar-refractivity contribution >= 4 is 24.1 Å². The normalized spacial score (nSPS) is 15.1. The molecule has 128 valence electrons. The average molecular weight is 341 g/mol. The minimum atomic E-state index is 0. The van der Waals surface area contributed by atoms with Crippen LogP contribution in [0.25, 0.3) is 0 Å². The third kappa shape index (κ3) is 5.94. The Morgan fingerprint density at radius 2 is 1.87 bits per heavy atom. The van der Waals surface area contributed by atoms with Crippen LogP contribution in [-0.4, -0.2) is 56.5 Å². The molecule has 1 aliphatic rings. The molecule has 1 N–H and O–H groups in total.